The van der Waals surface area contributed by atoms with E-state index in [2.05, 4.69) is 10.4 Å². The van der Waals surface area contributed by atoms with Crippen molar-refractivity contribution in [1.82, 2.24) is 9.78 Å². The molecule has 7 nitrogen and oxygen atoms in total. The lowest BCUT2D eigenvalue weighted by atomic mass is 10.2. The van der Waals surface area contributed by atoms with E-state index in [1.807, 2.05) is 69.3 Å². The summed E-state index contributed by atoms with van der Waals surface area (Å²) in [5, 5.41) is 7.24. The summed E-state index contributed by atoms with van der Waals surface area (Å²) >= 11 is 0. The second kappa shape index (κ2) is 9.05. The number of benzene rings is 2. The van der Waals surface area contributed by atoms with E-state index in [1.165, 1.54) is 0 Å². The van der Waals surface area contributed by atoms with Gasteiger partial charge in [-0.3, -0.25) is 4.79 Å². The number of nitrogens with zero attached hydrogens (tertiary/aromatic N) is 2. The van der Waals surface area contributed by atoms with Gasteiger partial charge in [0.15, 0.2) is 13.2 Å². The first-order valence-electron chi connectivity index (χ1n) is 9.20. The molecule has 3 aromatic rings. The Labute approximate surface area is 169 Å². The van der Waals surface area contributed by atoms with Gasteiger partial charge in [0.25, 0.3) is 5.91 Å². The van der Waals surface area contributed by atoms with E-state index >= 15 is 0 Å². The number of aromatic nitrogens is 2. The number of para-hydroxylation sites is 1. The van der Waals surface area contributed by atoms with Crippen LogP contribution in [0, 0.1) is 20.8 Å². The van der Waals surface area contributed by atoms with Crippen LogP contribution < -0.4 is 10.1 Å². The van der Waals surface area contributed by atoms with Crippen molar-refractivity contribution in [1.29, 1.82) is 0 Å². The van der Waals surface area contributed by atoms with Gasteiger partial charge in [0, 0.05) is 0 Å². The minimum atomic E-state index is -0.616. The second-order valence-corrected chi connectivity index (χ2v) is 6.61. The first-order valence-corrected chi connectivity index (χ1v) is 9.20. The lowest BCUT2D eigenvalue weighted by Crippen LogP contribution is -2.24. The van der Waals surface area contributed by atoms with Crippen molar-refractivity contribution < 1.29 is 19.1 Å². The lowest BCUT2D eigenvalue weighted by Gasteiger charge is -2.09. The van der Waals surface area contributed by atoms with Crippen molar-refractivity contribution >= 4 is 17.6 Å². The van der Waals surface area contributed by atoms with E-state index in [4.69, 9.17) is 9.47 Å². The van der Waals surface area contributed by atoms with Crippen LogP contribution in [0.5, 0.6) is 5.75 Å². The molecule has 1 amide bonds. The molecule has 0 saturated carbocycles. The smallest absolute Gasteiger partial charge is 0.344 e. The number of hydrogen-bond donors (Lipinski definition) is 1. The summed E-state index contributed by atoms with van der Waals surface area (Å²) in [5.74, 6) is -0.478. The topological polar surface area (TPSA) is 82.4 Å². The molecule has 29 heavy (non-hydrogen) atoms. The highest BCUT2D eigenvalue weighted by Gasteiger charge is 2.16. The number of aryl methyl sites for hydroxylation is 2. The van der Waals surface area contributed by atoms with Gasteiger partial charge in [-0.1, -0.05) is 30.3 Å². The van der Waals surface area contributed by atoms with E-state index in [-0.39, 0.29) is 6.61 Å². The van der Waals surface area contributed by atoms with Crippen molar-refractivity contribution in [2.45, 2.75) is 20.8 Å². The predicted molar refractivity (Wildman–Crippen MR) is 109 cm³/mol. The number of esters is 1. The van der Waals surface area contributed by atoms with Gasteiger partial charge in [0.1, 0.15) is 5.75 Å². The molecule has 150 valence electrons. The molecule has 0 aliphatic rings. The number of carbonyl (C=O) groups is 2. The Kier molecular flexibility index (Phi) is 6.29. The van der Waals surface area contributed by atoms with Crippen molar-refractivity contribution in [3.63, 3.8) is 0 Å². The van der Waals surface area contributed by atoms with Crippen LogP contribution in [-0.4, -0.2) is 34.9 Å². The molecule has 0 radical (unpaired) electrons. The van der Waals surface area contributed by atoms with Gasteiger partial charge in [-0.15, -0.1) is 0 Å². The number of carbonyl (C=O) groups excluding carboxylic acids is 2. The highest BCUT2D eigenvalue weighted by atomic mass is 16.6. The summed E-state index contributed by atoms with van der Waals surface area (Å²) in [7, 11) is 0. The van der Waals surface area contributed by atoms with E-state index in [1.54, 1.807) is 10.7 Å². The van der Waals surface area contributed by atoms with Crippen LogP contribution in [0.25, 0.3) is 5.69 Å². The Morgan fingerprint density at radius 3 is 2.48 bits per heavy atom. The largest absolute Gasteiger partial charge is 0.482 e. The van der Waals surface area contributed by atoms with Gasteiger partial charge in [0.05, 0.1) is 22.8 Å². The summed E-state index contributed by atoms with van der Waals surface area (Å²) < 4.78 is 12.1. The van der Waals surface area contributed by atoms with Crippen molar-refractivity contribution in [3.8, 4) is 11.4 Å². The zero-order valence-electron chi connectivity index (χ0n) is 16.6. The molecule has 7 heteroatoms. The number of anilines is 1. The molecule has 0 atom stereocenters. The fourth-order valence-corrected chi connectivity index (χ4v) is 2.85. The standard InChI is InChI=1S/C22H23N3O4/c1-15-8-7-11-19(12-15)28-14-21(27)29-13-20(26)23-22-16(2)24-25(17(22)3)18-9-5-4-6-10-18/h4-12H,13-14H2,1-3H3,(H,23,26). The van der Waals surface area contributed by atoms with E-state index in [9.17, 15) is 9.59 Å². The average Bonchev–Trinajstić information content (AvgIpc) is 2.99. The quantitative estimate of drug-likeness (QED) is 0.623. The monoisotopic (exact) mass is 393 g/mol. The maximum Gasteiger partial charge on any atom is 0.344 e. The van der Waals surface area contributed by atoms with Gasteiger partial charge in [-0.05, 0) is 50.6 Å². The summed E-state index contributed by atoms with van der Waals surface area (Å²) in [6.07, 6.45) is 0. The molecule has 0 bridgehead atoms. The SMILES string of the molecule is Cc1cccc(OCC(=O)OCC(=O)Nc2c(C)nn(-c3ccccc3)c2C)c1. The highest BCUT2D eigenvalue weighted by molar-refractivity contribution is 5.94. The molecule has 0 aliphatic heterocycles. The summed E-state index contributed by atoms with van der Waals surface area (Å²) in [4.78, 5) is 24.1. The van der Waals surface area contributed by atoms with E-state index in [0.29, 0.717) is 17.1 Å². The number of amides is 1. The van der Waals surface area contributed by atoms with E-state index in [0.717, 1.165) is 16.9 Å². The minimum Gasteiger partial charge on any atom is -0.482 e. The van der Waals surface area contributed by atoms with Crippen LogP contribution in [0.3, 0.4) is 0 Å². The van der Waals surface area contributed by atoms with Crippen LogP contribution in [0.4, 0.5) is 5.69 Å². The first kappa shape index (κ1) is 20.1. The molecule has 1 N–H and O–H groups in total. The Morgan fingerprint density at radius 2 is 1.76 bits per heavy atom. The molecule has 0 fully saturated rings. The number of nitrogens with one attached hydrogen (secondary N) is 1. The van der Waals surface area contributed by atoms with Crippen LogP contribution in [0.2, 0.25) is 0 Å². The van der Waals surface area contributed by atoms with E-state index < -0.39 is 18.5 Å². The average molecular weight is 393 g/mol. The second-order valence-electron chi connectivity index (χ2n) is 6.61. The molecule has 3 rings (SSSR count). The normalized spacial score (nSPS) is 10.4. The third-order valence-electron chi connectivity index (χ3n) is 4.27. The highest BCUT2D eigenvalue weighted by Crippen LogP contribution is 2.22. The molecule has 0 saturated heterocycles. The maximum atomic E-state index is 12.2. The fourth-order valence-electron chi connectivity index (χ4n) is 2.85. The molecule has 1 aromatic heterocycles. The number of hydrogen-bond acceptors (Lipinski definition) is 5. The van der Waals surface area contributed by atoms with Crippen LogP contribution >= 0.6 is 0 Å². The maximum absolute atomic E-state index is 12.2. The summed E-state index contributed by atoms with van der Waals surface area (Å²) in [5.41, 5.74) is 3.99. The molecule has 2 aromatic carbocycles. The third-order valence-corrected chi connectivity index (χ3v) is 4.27. The summed E-state index contributed by atoms with van der Waals surface area (Å²) in [6.45, 7) is 4.94. The van der Waals surface area contributed by atoms with Gasteiger partial charge in [-0.2, -0.15) is 5.10 Å². The van der Waals surface area contributed by atoms with Crippen LogP contribution in [-0.2, 0) is 14.3 Å². The van der Waals surface area contributed by atoms with Crippen molar-refractivity contribution in [2.75, 3.05) is 18.5 Å². The Balaban J connectivity index is 1.53. The number of ether oxygens (including phenoxy) is 2. The van der Waals surface area contributed by atoms with Crippen LogP contribution in [0.1, 0.15) is 17.0 Å². The third kappa shape index (κ3) is 5.22. The zero-order chi connectivity index (χ0) is 20.8. The molecular weight excluding hydrogens is 370 g/mol. The Bertz CT molecular complexity index is 1010. The minimum absolute atomic E-state index is 0.263. The Morgan fingerprint density at radius 1 is 1.00 bits per heavy atom. The Hall–Kier alpha value is -3.61. The predicted octanol–water partition coefficient (Wildman–Crippen LogP) is 3.36. The zero-order valence-corrected chi connectivity index (χ0v) is 16.6. The molecule has 1 heterocycles. The van der Waals surface area contributed by atoms with Crippen LogP contribution in [0.15, 0.2) is 54.6 Å². The van der Waals surface area contributed by atoms with Crippen molar-refractivity contribution in [2.24, 2.45) is 0 Å². The first-order chi connectivity index (χ1) is 13.9. The molecule has 0 aliphatic carbocycles. The van der Waals surface area contributed by atoms with Crippen molar-refractivity contribution in [3.05, 3.63) is 71.5 Å². The van der Waals surface area contributed by atoms with Gasteiger partial charge in [-0.25, -0.2) is 9.48 Å². The van der Waals surface area contributed by atoms with Gasteiger partial charge < -0.3 is 14.8 Å². The molecule has 0 spiro atoms. The number of rotatable bonds is 7. The molecule has 0 unspecified atom stereocenters. The molecular formula is C22H23N3O4. The fraction of sp³-hybridized carbons (Fsp3) is 0.227. The summed E-state index contributed by atoms with van der Waals surface area (Å²) in [6, 6.07) is 17.0. The van der Waals surface area contributed by atoms with Gasteiger partial charge in [0.2, 0.25) is 0 Å². The van der Waals surface area contributed by atoms with Gasteiger partial charge >= 0.3 is 5.97 Å². The lowest BCUT2D eigenvalue weighted by molar-refractivity contribution is -0.149.